The van der Waals surface area contributed by atoms with Crippen LogP contribution in [-0.2, 0) is 0 Å². The molecule has 2 aromatic rings. The normalized spacial score (nSPS) is 25.1. The SMILES string of the molecule is NC1CCN(c2c(F)cc3c(=O)c(C(=O)O)cn(C4CC4F)c3c2Cl)C1. The maximum atomic E-state index is 14.8. The van der Waals surface area contributed by atoms with Crippen molar-refractivity contribution >= 4 is 34.2 Å². The molecule has 1 saturated carbocycles. The first-order valence-electron chi connectivity index (χ1n) is 8.24. The molecule has 3 atom stereocenters. The molecule has 1 aliphatic heterocycles. The van der Waals surface area contributed by atoms with Crippen LogP contribution in [0.4, 0.5) is 14.5 Å². The Morgan fingerprint density at radius 2 is 2.12 bits per heavy atom. The maximum Gasteiger partial charge on any atom is 0.341 e. The number of carboxylic acids is 1. The van der Waals surface area contributed by atoms with Gasteiger partial charge in [0.05, 0.1) is 27.7 Å². The number of alkyl halides is 1. The number of anilines is 1. The van der Waals surface area contributed by atoms with Crippen LogP contribution in [0.3, 0.4) is 0 Å². The van der Waals surface area contributed by atoms with Crippen LogP contribution in [0.15, 0.2) is 17.1 Å². The van der Waals surface area contributed by atoms with Gasteiger partial charge >= 0.3 is 5.97 Å². The molecule has 1 aliphatic carbocycles. The van der Waals surface area contributed by atoms with Crippen LogP contribution in [0, 0.1) is 5.82 Å². The average Bonchev–Trinajstić information content (AvgIpc) is 3.14. The third-order valence-corrected chi connectivity index (χ3v) is 5.35. The van der Waals surface area contributed by atoms with Gasteiger partial charge < -0.3 is 20.3 Å². The summed E-state index contributed by atoms with van der Waals surface area (Å²) in [6.45, 7) is 0.921. The van der Waals surface area contributed by atoms with Crippen LogP contribution in [0.25, 0.3) is 10.9 Å². The maximum absolute atomic E-state index is 14.8. The first-order valence-corrected chi connectivity index (χ1v) is 8.62. The zero-order valence-corrected chi connectivity index (χ0v) is 14.3. The van der Waals surface area contributed by atoms with Crippen LogP contribution in [-0.4, -0.2) is 40.9 Å². The van der Waals surface area contributed by atoms with Gasteiger partial charge in [0, 0.05) is 31.7 Å². The van der Waals surface area contributed by atoms with Gasteiger partial charge in [-0.1, -0.05) is 11.6 Å². The van der Waals surface area contributed by atoms with E-state index in [0.717, 1.165) is 12.3 Å². The Labute approximate surface area is 151 Å². The Hall–Kier alpha value is -2.19. The van der Waals surface area contributed by atoms with E-state index in [9.17, 15) is 23.5 Å². The Balaban J connectivity index is 2.03. The molecule has 1 saturated heterocycles. The second kappa shape index (κ2) is 5.92. The van der Waals surface area contributed by atoms with Crippen molar-refractivity contribution in [1.82, 2.24) is 4.57 Å². The Kier molecular flexibility index (Phi) is 3.92. The third-order valence-electron chi connectivity index (χ3n) is 4.99. The van der Waals surface area contributed by atoms with Gasteiger partial charge in [0.2, 0.25) is 5.43 Å². The van der Waals surface area contributed by atoms with Crippen molar-refractivity contribution in [2.45, 2.75) is 31.1 Å². The van der Waals surface area contributed by atoms with E-state index in [0.29, 0.717) is 19.5 Å². The van der Waals surface area contributed by atoms with Crippen LogP contribution in [0.5, 0.6) is 0 Å². The van der Waals surface area contributed by atoms with Crippen molar-refractivity contribution in [3.63, 3.8) is 0 Å². The highest BCUT2D eigenvalue weighted by molar-refractivity contribution is 6.38. The molecule has 9 heteroatoms. The lowest BCUT2D eigenvalue weighted by atomic mass is 10.1. The van der Waals surface area contributed by atoms with Crippen molar-refractivity contribution in [2.24, 2.45) is 5.73 Å². The first-order chi connectivity index (χ1) is 12.3. The number of aromatic carboxylic acids is 1. The number of rotatable bonds is 3. The average molecular weight is 384 g/mol. The number of nitrogens with zero attached hydrogens (tertiary/aromatic N) is 2. The Morgan fingerprint density at radius 1 is 1.42 bits per heavy atom. The standard InChI is InChI=1S/C17H16ClF2N3O3/c18-13-14-8(3-11(20)15(13)22-2-1-7(21)5-22)16(24)9(17(25)26)6-23(14)12-4-10(12)19/h3,6-7,10,12H,1-2,4-5,21H2,(H,25,26). The number of hydrogen-bond donors (Lipinski definition) is 2. The molecule has 3 unspecified atom stereocenters. The summed E-state index contributed by atoms with van der Waals surface area (Å²) < 4.78 is 29.8. The topological polar surface area (TPSA) is 88.6 Å². The van der Waals surface area contributed by atoms with E-state index >= 15 is 0 Å². The minimum Gasteiger partial charge on any atom is -0.477 e. The molecule has 2 heterocycles. The minimum absolute atomic E-state index is 0.0257. The summed E-state index contributed by atoms with van der Waals surface area (Å²) in [7, 11) is 0. The molecule has 1 aromatic carbocycles. The third kappa shape index (κ3) is 2.55. The van der Waals surface area contributed by atoms with Crippen molar-refractivity contribution in [2.75, 3.05) is 18.0 Å². The van der Waals surface area contributed by atoms with Crippen molar-refractivity contribution < 1.29 is 18.7 Å². The van der Waals surface area contributed by atoms with Gasteiger partial charge in [-0.05, 0) is 12.5 Å². The largest absolute Gasteiger partial charge is 0.477 e. The summed E-state index contributed by atoms with van der Waals surface area (Å²) in [4.78, 5) is 25.6. The monoisotopic (exact) mass is 383 g/mol. The van der Waals surface area contributed by atoms with Crippen molar-refractivity contribution in [3.05, 3.63) is 38.9 Å². The number of carboxylic acid groups (broad SMARTS) is 1. The van der Waals surface area contributed by atoms with Crippen LogP contribution >= 0.6 is 11.6 Å². The molecule has 138 valence electrons. The van der Waals surface area contributed by atoms with Gasteiger partial charge in [0.15, 0.2) is 0 Å². The number of hydrogen-bond acceptors (Lipinski definition) is 4. The second-order valence-electron chi connectivity index (χ2n) is 6.82. The highest BCUT2D eigenvalue weighted by Gasteiger charge is 2.41. The molecule has 0 bridgehead atoms. The number of benzene rings is 1. The summed E-state index contributed by atoms with van der Waals surface area (Å²) in [5, 5.41) is 9.06. The molecule has 0 amide bonds. The van der Waals surface area contributed by atoms with E-state index in [1.165, 1.54) is 4.57 Å². The summed E-state index contributed by atoms with van der Waals surface area (Å²) in [5.74, 6) is -2.18. The zero-order valence-electron chi connectivity index (χ0n) is 13.6. The predicted octanol–water partition coefficient (Wildman–Crippen LogP) is 2.31. The van der Waals surface area contributed by atoms with Gasteiger partial charge in [-0.2, -0.15) is 0 Å². The van der Waals surface area contributed by atoms with E-state index in [1.54, 1.807) is 4.90 Å². The fraction of sp³-hybridized carbons (Fsp3) is 0.412. The molecule has 4 rings (SSSR count). The van der Waals surface area contributed by atoms with E-state index in [2.05, 4.69) is 0 Å². The van der Waals surface area contributed by atoms with Crippen molar-refractivity contribution in [3.8, 4) is 0 Å². The zero-order chi connectivity index (χ0) is 18.7. The number of nitrogens with two attached hydrogens (primary N) is 1. The highest BCUT2D eigenvalue weighted by Crippen LogP contribution is 2.44. The molecule has 26 heavy (non-hydrogen) atoms. The molecule has 3 N–H and O–H groups in total. The van der Waals surface area contributed by atoms with Crippen molar-refractivity contribution in [1.29, 1.82) is 0 Å². The van der Waals surface area contributed by atoms with Gasteiger partial charge in [0.25, 0.3) is 0 Å². The lowest BCUT2D eigenvalue weighted by molar-refractivity contribution is 0.0694. The number of pyridine rings is 1. The van der Waals surface area contributed by atoms with Crippen LogP contribution in [0.2, 0.25) is 5.02 Å². The molecule has 0 radical (unpaired) electrons. The summed E-state index contributed by atoms with van der Waals surface area (Å²) in [6.07, 6.45) is 0.801. The second-order valence-corrected chi connectivity index (χ2v) is 7.19. The predicted molar refractivity (Wildman–Crippen MR) is 93.5 cm³/mol. The molecular formula is C17H16ClF2N3O3. The lowest BCUT2D eigenvalue weighted by Crippen LogP contribution is -2.27. The number of aromatic nitrogens is 1. The van der Waals surface area contributed by atoms with E-state index < -0.39 is 35.0 Å². The fourth-order valence-electron chi connectivity index (χ4n) is 3.57. The van der Waals surface area contributed by atoms with Crippen LogP contribution in [0.1, 0.15) is 29.2 Å². The summed E-state index contributed by atoms with van der Waals surface area (Å²) in [5.41, 5.74) is 4.77. The Bertz CT molecular complexity index is 994. The first kappa shape index (κ1) is 17.2. The highest BCUT2D eigenvalue weighted by atomic mass is 35.5. The van der Waals surface area contributed by atoms with Gasteiger partial charge in [-0.25, -0.2) is 13.6 Å². The summed E-state index contributed by atoms with van der Waals surface area (Å²) in [6, 6.07) is 0.255. The van der Waals surface area contributed by atoms with E-state index in [4.69, 9.17) is 17.3 Å². The number of carbonyl (C=O) groups is 1. The lowest BCUT2D eigenvalue weighted by Gasteiger charge is -2.23. The minimum atomic E-state index is -1.45. The molecular weight excluding hydrogens is 368 g/mol. The van der Waals surface area contributed by atoms with Gasteiger partial charge in [-0.3, -0.25) is 4.79 Å². The van der Waals surface area contributed by atoms with Gasteiger partial charge in [-0.15, -0.1) is 0 Å². The molecule has 2 aliphatic rings. The Morgan fingerprint density at radius 3 is 2.65 bits per heavy atom. The van der Waals surface area contributed by atoms with E-state index in [-0.39, 0.29) is 34.1 Å². The fourth-order valence-corrected chi connectivity index (χ4v) is 3.97. The molecule has 2 fully saturated rings. The van der Waals surface area contributed by atoms with E-state index in [1.807, 2.05) is 0 Å². The molecule has 0 spiro atoms. The quantitative estimate of drug-likeness (QED) is 0.849. The number of fused-ring (bicyclic) bond motifs is 1. The number of halogens is 3. The smallest absolute Gasteiger partial charge is 0.341 e. The van der Waals surface area contributed by atoms with Crippen LogP contribution < -0.4 is 16.1 Å². The van der Waals surface area contributed by atoms with Gasteiger partial charge in [0.1, 0.15) is 17.6 Å². The summed E-state index contributed by atoms with van der Waals surface area (Å²) >= 11 is 6.45. The molecule has 1 aromatic heterocycles. The molecule has 6 nitrogen and oxygen atoms in total.